The average Bonchev–Trinajstić information content (AvgIpc) is 3.40. The summed E-state index contributed by atoms with van der Waals surface area (Å²) in [5.41, 5.74) is 1.81. The van der Waals surface area contributed by atoms with Crippen molar-refractivity contribution in [2.75, 3.05) is 11.6 Å². The first-order valence-electron chi connectivity index (χ1n) is 9.35. The number of carbonyl (C=O) groups excluding carboxylic acids is 3. The molecule has 3 amide bonds. The van der Waals surface area contributed by atoms with Gasteiger partial charge in [0.2, 0.25) is 17.7 Å². The lowest BCUT2D eigenvalue weighted by Gasteiger charge is -2.37. The van der Waals surface area contributed by atoms with E-state index in [2.05, 4.69) is 12.2 Å². The van der Waals surface area contributed by atoms with E-state index in [1.165, 1.54) is 16.7 Å². The van der Waals surface area contributed by atoms with Gasteiger partial charge in [-0.05, 0) is 49.1 Å². The highest BCUT2D eigenvalue weighted by molar-refractivity contribution is 6.07. The highest BCUT2D eigenvalue weighted by Gasteiger charge is 2.67. The van der Waals surface area contributed by atoms with Crippen LogP contribution in [0.15, 0.2) is 36.4 Å². The van der Waals surface area contributed by atoms with Crippen LogP contribution in [0.4, 0.5) is 5.69 Å². The largest absolute Gasteiger partial charge is 0.294 e. The minimum atomic E-state index is -0.215. The van der Waals surface area contributed by atoms with E-state index in [-0.39, 0.29) is 48.1 Å². The molecule has 0 aromatic heterocycles. The monoisotopic (exact) mass is 350 g/mol. The van der Waals surface area contributed by atoms with Crippen LogP contribution >= 0.6 is 0 Å². The minimum absolute atomic E-state index is 0.0117. The fourth-order valence-electron chi connectivity index (χ4n) is 5.39. The second-order valence-electron chi connectivity index (χ2n) is 8.18. The first-order chi connectivity index (χ1) is 12.5. The van der Waals surface area contributed by atoms with Gasteiger partial charge in [0, 0.05) is 12.6 Å². The molecular weight excluding hydrogens is 328 g/mol. The molecule has 2 saturated carbocycles. The van der Waals surface area contributed by atoms with Crippen molar-refractivity contribution in [2.24, 2.45) is 35.5 Å². The molecule has 5 nitrogen and oxygen atoms in total. The van der Waals surface area contributed by atoms with E-state index < -0.39 is 0 Å². The highest BCUT2D eigenvalue weighted by Crippen LogP contribution is 2.65. The van der Waals surface area contributed by atoms with Crippen molar-refractivity contribution < 1.29 is 14.4 Å². The fourth-order valence-corrected chi connectivity index (χ4v) is 5.39. The number of rotatable bonds is 3. The second-order valence-corrected chi connectivity index (χ2v) is 8.18. The van der Waals surface area contributed by atoms with Gasteiger partial charge in [-0.3, -0.25) is 24.2 Å². The summed E-state index contributed by atoms with van der Waals surface area (Å²) in [5.74, 6) is 0.802. The number of carbonyl (C=O) groups is 3. The Kier molecular flexibility index (Phi) is 3.21. The molecule has 1 aromatic rings. The second kappa shape index (κ2) is 5.29. The first-order valence-corrected chi connectivity index (χ1v) is 9.35. The van der Waals surface area contributed by atoms with E-state index in [0.717, 1.165) is 12.0 Å². The molecule has 3 fully saturated rings. The van der Waals surface area contributed by atoms with Crippen LogP contribution in [-0.2, 0) is 14.4 Å². The van der Waals surface area contributed by atoms with Crippen LogP contribution in [0.25, 0.3) is 0 Å². The summed E-state index contributed by atoms with van der Waals surface area (Å²) in [6.07, 6.45) is 5.48. The minimum Gasteiger partial charge on any atom is -0.294 e. The van der Waals surface area contributed by atoms with Crippen molar-refractivity contribution in [3.63, 3.8) is 0 Å². The van der Waals surface area contributed by atoms with Crippen LogP contribution in [0.5, 0.6) is 0 Å². The number of hydrogen-bond acceptors (Lipinski definition) is 3. The predicted octanol–water partition coefficient (Wildman–Crippen LogP) is 2.36. The summed E-state index contributed by atoms with van der Waals surface area (Å²) in [6.45, 7) is 3.46. The number of nitrogens with zero attached hydrogens (tertiary/aromatic N) is 2. The number of imide groups is 1. The van der Waals surface area contributed by atoms with Gasteiger partial charge >= 0.3 is 0 Å². The molecule has 0 unspecified atom stereocenters. The maximum absolute atomic E-state index is 13.1. The van der Waals surface area contributed by atoms with Gasteiger partial charge in [-0.15, -0.1) is 0 Å². The number of aryl methyl sites for hydroxylation is 1. The molecule has 6 atom stereocenters. The summed E-state index contributed by atoms with van der Waals surface area (Å²) in [4.78, 5) is 41.2. The molecule has 5 heteroatoms. The van der Waals surface area contributed by atoms with Gasteiger partial charge < -0.3 is 0 Å². The lowest BCUT2D eigenvalue weighted by molar-refractivity contribution is -0.140. The van der Waals surface area contributed by atoms with E-state index in [1.807, 2.05) is 31.2 Å². The van der Waals surface area contributed by atoms with Crippen LogP contribution in [-0.4, -0.2) is 29.3 Å². The molecule has 1 heterocycles. The third kappa shape index (κ3) is 2.06. The summed E-state index contributed by atoms with van der Waals surface area (Å²) in [7, 11) is 0. The zero-order chi connectivity index (χ0) is 18.2. The van der Waals surface area contributed by atoms with Gasteiger partial charge in [0.1, 0.15) is 6.67 Å². The fraction of sp³-hybridized carbons (Fsp3) is 0.476. The van der Waals surface area contributed by atoms with E-state index in [9.17, 15) is 14.4 Å². The van der Waals surface area contributed by atoms with Crippen LogP contribution in [0.1, 0.15) is 18.9 Å². The Bertz CT molecular complexity index is 807. The molecule has 0 radical (unpaired) electrons. The third-order valence-electron chi connectivity index (χ3n) is 6.76. The maximum atomic E-state index is 13.1. The van der Waals surface area contributed by atoms with Crippen LogP contribution in [0, 0.1) is 42.4 Å². The Labute approximate surface area is 152 Å². The van der Waals surface area contributed by atoms with Crippen LogP contribution in [0.2, 0.25) is 0 Å². The summed E-state index contributed by atoms with van der Waals surface area (Å²) >= 11 is 0. The Hall–Kier alpha value is -2.43. The lowest BCUT2D eigenvalue weighted by Crippen LogP contribution is -2.44. The third-order valence-corrected chi connectivity index (χ3v) is 6.76. The normalized spacial score (nSPS) is 36.2. The zero-order valence-electron chi connectivity index (χ0n) is 15.0. The van der Waals surface area contributed by atoms with Crippen molar-refractivity contribution in [1.82, 2.24) is 4.90 Å². The molecule has 134 valence electrons. The molecule has 5 aliphatic rings. The van der Waals surface area contributed by atoms with Crippen molar-refractivity contribution in [3.8, 4) is 0 Å². The zero-order valence-corrected chi connectivity index (χ0v) is 15.0. The topological polar surface area (TPSA) is 57.7 Å². The molecule has 4 aliphatic carbocycles. The van der Waals surface area contributed by atoms with Crippen LogP contribution in [0.3, 0.4) is 0 Å². The molecule has 6 rings (SSSR count). The van der Waals surface area contributed by atoms with Crippen molar-refractivity contribution in [2.45, 2.75) is 20.3 Å². The predicted molar refractivity (Wildman–Crippen MR) is 95.8 cm³/mol. The summed E-state index contributed by atoms with van der Waals surface area (Å²) < 4.78 is 0. The number of allylic oxidation sites excluding steroid dienone is 2. The SMILES string of the molecule is CC(=O)N(CN1C(=O)[C@@H]2[C@@H]3C=C[C@H]([C@@H]4C[C@H]34)[C@H]2C1=O)c1ccc(C)cc1. The quantitative estimate of drug-likeness (QED) is 0.621. The van der Waals surface area contributed by atoms with Gasteiger partial charge in [0.05, 0.1) is 11.8 Å². The Balaban J connectivity index is 1.44. The van der Waals surface area contributed by atoms with Crippen molar-refractivity contribution in [3.05, 3.63) is 42.0 Å². The van der Waals surface area contributed by atoms with Gasteiger partial charge in [0.25, 0.3) is 0 Å². The number of hydrogen-bond donors (Lipinski definition) is 0. The summed E-state index contributed by atoms with van der Waals surface area (Å²) in [5, 5.41) is 0. The average molecular weight is 350 g/mol. The van der Waals surface area contributed by atoms with Crippen LogP contribution < -0.4 is 4.90 Å². The highest BCUT2D eigenvalue weighted by atomic mass is 16.2. The van der Waals surface area contributed by atoms with Crippen molar-refractivity contribution in [1.29, 1.82) is 0 Å². The lowest BCUT2D eigenvalue weighted by atomic mass is 9.63. The van der Waals surface area contributed by atoms with Gasteiger partial charge in [-0.1, -0.05) is 29.8 Å². The molecule has 1 aromatic carbocycles. The molecule has 1 aliphatic heterocycles. The standard InChI is InChI=1S/C21H22N2O3/c1-11-3-5-13(6-4-11)22(12(2)24)10-23-20(25)18-14-7-8-15(17-9-16(14)17)19(18)21(23)26/h3-8,14-19H,9-10H2,1-2H3/t14-,15-,16-,17+,18-,19-/m1/s1. The van der Waals surface area contributed by atoms with Gasteiger partial charge in [-0.2, -0.15) is 0 Å². The van der Waals surface area contributed by atoms with E-state index in [1.54, 1.807) is 0 Å². The van der Waals surface area contributed by atoms with Crippen molar-refractivity contribution >= 4 is 23.4 Å². The molecule has 0 spiro atoms. The molecule has 1 saturated heterocycles. The number of benzene rings is 1. The van der Waals surface area contributed by atoms with Gasteiger partial charge in [-0.25, -0.2) is 0 Å². The Morgan fingerprint density at radius 3 is 2.08 bits per heavy atom. The summed E-state index contributed by atoms with van der Waals surface area (Å²) in [6, 6.07) is 7.57. The molecule has 0 N–H and O–H groups in total. The van der Waals surface area contributed by atoms with Gasteiger partial charge in [0.15, 0.2) is 0 Å². The van der Waals surface area contributed by atoms with E-state index in [4.69, 9.17) is 0 Å². The Morgan fingerprint density at radius 1 is 1.04 bits per heavy atom. The smallest absolute Gasteiger partial charge is 0.235 e. The number of anilines is 1. The van der Waals surface area contributed by atoms with E-state index >= 15 is 0 Å². The first kappa shape index (κ1) is 15.8. The molecule has 26 heavy (non-hydrogen) atoms. The van der Waals surface area contributed by atoms with E-state index in [0.29, 0.717) is 17.5 Å². The molecule has 2 bridgehead atoms. The number of amides is 3. The molecular formula is C21H22N2O3. The Morgan fingerprint density at radius 2 is 1.58 bits per heavy atom. The maximum Gasteiger partial charge on any atom is 0.235 e. The number of likely N-dealkylation sites (tertiary alicyclic amines) is 1.